The fourth-order valence-electron chi connectivity index (χ4n) is 5.73. The summed E-state index contributed by atoms with van der Waals surface area (Å²) >= 11 is 0. The number of hydrogen-bond donors (Lipinski definition) is 0. The molecule has 6 rings (SSSR count). The molecule has 0 atom stereocenters. The van der Waals surface area contributed by atoms with E-state index < -0.39 is 11.6 Å². The van der Waals surface area contributed by atoms with Gasteiger partial charge in [-0.15, -0.1) is 0 Å². The zero-order chi connectivity index (χ0) is 29.4. The average molecular weight is 574 g/mol. The number of pyridine rings is 1. The number of aryl methyl sites for hydroxylation is 1. The van der Waals surface area contributed by atoms with Gasteiger partial charge >= 0.3 is 0 Å². The molecule has 2 aromatic heterocycles. The molecule has 1 fully saturated rings. The quantitative estimate of drug-likeness (QED) is 0.317. The topological polar surface area (TPSA) is 82.8 Å². The first-order valence-corrected chi connectivity index (χ1v) is 14.4. The Morgan fingerprint density at radius 2 is 1.76 bits per heavy atom. The zero-order valence-electron chi connectivity index (χ0n) is 23.8. The largest absolute Gasteiger partial charge is 0.336 e. The van der Waals surface area contributed by atoms with Gasteiger partial charge in [0.15, 0.2) is 11.6 Å². The summed E-state index contributed by atoms with van der Waals surface area (Å²) < 4.78 is 34.7. The van der Waals surface area contributed by atoms with Gasteiger partial charge in [-0.25, -0.2) is 13.8 Å². The summed E-state index contributed by atoms with van der Waals surface area (Å²) in [5.74, 6) is -2.35. The Morgan fingerprint density at radius 1 is 1.00 bits per heavy atom. The Balaban J connectivity index is 1.42. The SMILES string of the molecule is CC(=O)N1CCCN(Cc2ccccc2)CCN(C(=O)c2cc(C3CC3)nc3onc(C)c23)Cc2cc(F)c(F)cc21. The molecule has 1 aliphatic carbocycles. The van der Waals surface area contributed by atoms with Crippen LogP contribution in [0.1, 0.15) is 65.0 Å². The summed E-state index contributed by atoms with van der Waals surface area (Å²) in [6.45, 7) is 5.70. The van der Waals surface area contributed by atoms with Crippen LogP contribution >= 0.6 is 0 Å². The lowest BCUT2D eigenvalue weighted by atomic mass is 10.1. The van der Waals surface area contributed by atoms with E-state index in [0.717, 1.165) is 36.2 Å². The summed E-state index contributed by atoms with van der Waals surface area (Å²) in [5.41, 5.74) is 3.87. The molecule has 0 unspecified atom stereocenters. The maximum Gasteiger partial charge on any atom is 0.259 e. The first-order valence-electron chi connectivity index (χ1n) is 14.4. The molecule has 0 spiro atoms. The highest BCUT2D eigenvalue weighted by Crippen LogP contribution is 2.41. The lowest BCUT2D eigenvalue weighted by molar-refractivity contribution is -0.116. The van der Waals surface area contributed by atoms with E-state index in [2.05, 4.69) is 27.2 Å². The molecule has 2 amide bonds. The van der Waals surface area contributed by atoms with Gasteiger partial charge in [0, 0.05) is 63.9 Å². The second-order valence-electron chi connectivity index (χ2n) is 11.2. The molecule has 1 saturated carbocycles. The van der Waals surface area contributed by atoms with E-state index in [0.29, 0.717) is 67.1 Å². The van der Waals surface area contributed by atoms with Gasteiger partial charge in [-0.2, -0.15) is 0 Å². The Kier molecular flexibility index (Phi) is 7.72. The van der Waals surface area contributed by atoms with Crippen LogP contribution in [0.15, 0.2) is 53.1 Å². The third kappa shape index (κ3) is 5.76. The highest BCUT2D eigenvalue weighted by Gasteiger charge is 2.31. The maximum atomic E-state index is 14.6. The van der Waals surface area contributed by atoms with Crippen molar-refractivity contribution in [3.63, 3.8) is 0 Å². The molecule has 8 nitrogen and oxygen atoms in total. The Hall–Kier alpha value is -4.18. The number of nitrogens with zero attached hydrogens (tertiary/aromatic N) is 5. The minimum atomic E-state index is -1.04. The van der Waals surface area contributed by atoms with Crippen LogP contribution in [-0.4, -0.2) is 57.9 Å². The monoisotopic (exact) mass is 573 g/mol. The zero-order valence-corrected chi connectivity index (χ0v) is 23.8. The molecule has 42 heavy (non-hydrogen) atoms. The number of benzene rings is 2. The summed E-state index contributed by atoms with van der Waals surface area (Å²) in [6, 6.07) is 14.0. The van der Waals surface area contributed by atoms with E-state index >= 15 is 0 Å². The van der Waals surface area contributed by atoms with Crippen LogP contribution in [0.3, 0.4) is 0 Å². The molecule has 3 heterocycles. The number of carbonyl (C=O) groups excluding carboxylic acids is 2. The van der Waals surface area contributed by atoms with Crippen molar-refractivity contribution in [3.05, 3.63) is 88.2 Å². The highest BCUT2D eigenvalue weighted by molar-refractivity contribution is 6.06. The predicted molar refractivity (Wildman–Crippen MR) is 154 cm³/mol. The van der Waals surface area contributed by atoms with Gasteiger partial charge in [-0.1, -0.05) is 35.5 Å². The van der Waals surface area contributed by atoms with Crippen LogP contribution in [0, 0.1) is 18.6 Å². The lowest BCUT2D eigenvalue weighted by Gasteiger charge is -2.28. The van der Waals surface area contributed by atoms with Crippen molar-refractivity contribution in [1.82, 2.24) is 19.9 Å². The van der Waals surface area contributed by atoms with Crippen molar-refractivity contribution in [1.29, 1.82) is 0 Å². The van der Waals surface area contributed by atoms with Gasteiger partial charge in [-0.3, -0.25) is 14.5 Å². The third-order valence-electron chi connectivity index (χ3n) is 8.10. The Morgan fingerprint density at radius 3 is 2.50 bits per heavy atom. The van der Waals surface area contributed by atoms with Crippen LogP contribution in [0.25, 0.3) is 11.1 Å². The number of rotatable bonds is 4. The number of carbonyl (C=O) groups is 2. The molecule has 2 aromatic carbocycles. The average Bonchev–Trinajstić information content (AvgIpc) is 3.77. The molecule has 4 aromatic rings. The van der Waals surface area contributed by atoms with E-state index in [-0.39, 0.29) is 30.0 Å². The number of hydrogen-bond acceptors (Lipinski definition) is 6. The minimum absolute atomic E-state index is 0.0127. The van der Waals surface area contributed by atoms with Crippen LogP contribution in [0.4, 0.5) is 14.5 Å². The number of amides is 2. The highest BCUT2D eigenvalue weighted by atomic mass is 19.2. The summed E-state index contributed by atoms with van der Waals surface area (Å²) in [5, 5.41) is 4.62. The van der Waals surface area contributed by atoms with E-state index in [4.69, 9.17) is 4.52 Å². The molecule has 10 heteroatoms. The van der Waals surface area contributed by atoms with Crippen LogP contribution in [-0.2, 0) is 17.9 Å². The van der Waals surface area contributed by atoms with Gasteiger partial charge in [0.05, 0.1) is 22.3 Å². The Labute approximate surface area is 242 Å². The fourth-order valence-corrected chi connectivity index (χ4v) is 5.73. The summed E-state index contributed by atoms with van der Waals surface area (Å²) in [7, 11) is 0. The molecule has 218 valence electrons. The van der Waals surface area contributed by atoms with Crippen LogP contribution < -0.4 is 4.90 Å². The van der Waals surface area contributed by atoms with E-state index in [1.807, 2.05) is 24.3 Å². The normalized spacial score (nSPS) is 16.8. The van der Waals surface area contributed by atoms with Crippen LogP contribution in [0.5, 0.6) is 0 Å². The molecular formula is C32H33F2N5O3. The first-order chi connectivity index (χ1) is 20.3. The second-order valence-corrected chi connectivity index (χ2v) is 11.2. The number of anilines is 1. The molecular weight excluding hydrogens is 540 g/mol. The smallest absolute Gasteiger partial charge is 0.259 e. The number of fused-ring (bicyclic) bond motifs is 2. The van der Waals surface area contributed by atoms with Crippen molar-refractivity contribution in [2.24, 2.45) is 0 Å². The van der Waals surface area contributed by atoms with Crippen molar-refractivity contribution in [2.45, 2.75) is 52.1 Å². The van der Waals surface area contributed by atoms with Crippen molar-refractivity contribution in [2.75, 3.05) is 31.1 Å². The standard InChI is InChI=1S/C32H33F2N5O3/c1-20-30-25(16-28(23-9-10-23)35-31(30)42-36-20)32(41)38-14-13-37(18-22-7-4-3-5-8-22)11-6-12-39(21(2)40)29-17-27(34)26(33)15-24(29)19-38/h3-5,7-8,15-17,23H,6,9-14,18-19H2,1-2H3. The van der Waals surface area contributed by atoms with Gasteiger partial charge in [0.25, 0.3) is 11.6 Å². The van der Waals surface area contributed by atoms with Gasteiger partial charge in [0.1, 0.15) is 0 Å². The Bertz CT molecular complexity index is 1640. The van der Waals surface area contributed by atoms with Crippen molar-refractivity contribution in [3.8, 4) is 0 Å². The summed E-state index contributed by atoms with van der Waals surface area (Å²) in [4.78, 5) is 37.2. The molecule has 1 aliphatic heterocycles. The predicted octanol–water partition coefficient (Wildman–Crippen LogP) is 5.59. The van der Waals surface area contributed by atoms with Crippen molar-refractivity contribution >= 4 is 28.6 Å². The van der Waals surface area contributed by atoms with E-state index in [9.17, 15) is 18.4 Å². The molecule has 0 bridgehead atoms. The molecule has 2 aliphatic rings. The lowest BCUT2D eigenvalue weighted by Crippen LogP contribution is -2.38. The van der Waals surface area contributed by atoms with E-state index in [1.54, 1.807) is 11.8 Å². The molecule has 0 saturated heterocycles. The summed E-state index contributed by atoms with van der Waals surface area (Å²) in [6.07, 6.45) is 2.61. The number of halogens is 2. The number of aromatic nitrogens is 2. The molecule has 0 N–H and O–H groups in total. The second kappa shape index (κ2) is 11.6. The van der Waals surface area contributed by atoms with Gasteiger partial charge < -0.3 is 14.3 Å². The maximum absolute atomic E-state index is 14.6. The minimum Gasteiger partial charge on any atom is -0.336 e. The third-order valence-corrected chi connectivity index (χ3v) is 8.10. The molecule has 0 radical (unpaired) electrons. The van der Waals surface area contributed by atoms with Crippen LogP contribution in [0.2, 0.25) is 0 Å². The van der Waals surface area contributed by atoms with Crippen molar-refractivity contribution < 1.29 is 22.9 Å². The van der Waals surface area contributed by atoms with Gasteiger partial charge in [-0.05, 0) is 49.4 Å². The fraction of sp³-hybridized carbons (Fsp3) is 0.375. The first kappa shape index (κ1) is 28.0. The van der Waals surface area contributed by atoms with E-state index in [1.165, 1.54) is 11.8 Å². The van der Waals surface area contributed by atoms with Gasteiger partial charge in [0.2, 0.25) is 5.91 Å².